The Balaban J connectivity index is 2.13. The molecule has 0 radical (unpaired) electrons. The van der Waals surface area contributed by atoms with Crippen LogP contribution in [-0.4, -0.2) is 65.1 Å². The lowest BCUT2D eigenvalue weighted by Crippen LogP contribution is -2.42. The van der Waals surface area contributed by atoms with Gasteiger partial charge < -0.3 is 20.5 Å². The van der Waals surface area contributed by atoms with Crippen molar-refractivity contribution >= 4 is 25.2 Å². The van der Waals surface area contributed by atoms with E-state index in [1.165, 1.54) is 4.90 Å². The average Bonchev–Trinajstić information content (AvgIpc) is 3.19. The maximum absolute atomic E-state index is 13.9. The molecule has 34 heavy (non-hydrogen) atoms. The van der Waals surface area contributed by atoms with E-state index in [2.05, 4.69) is 0 Å². The number of unbranched alkanes of at least 4 members (excludes halogenated alkanes) is 1. The Hall–Kier alpha value is -2.22. The van der Waals surface area contributed by atoms with Crippen molar-refractivity contribution in [3.05, 3.63) is 35.9 Å². The monoisotopic (exact) mass is 496 g/mol. The molecule has 1 aliphatic heterocycles. The lowest BCUT2D eigenvalue weighted by atomic mass is 10.1. The molecule has 1 aromatic carbocycles. The fourth-order valence-corrected chi connectivity index (χ4v) is 6.15. The zero-order valence-electron chi connectivity index (χ0n) is 20.2. The molecule has 1 unspecified atom stereocenters. The third-order valence-electron chi connectivity index (χ3n) is 5.75. The number of amides is 1. The molecule has 0 bridgehead atoms. The van der Waals surface area contributed by atoms with Crippen LogP contribution in [0.15, 0.2) is 30.3 Å². The summed E-state index contributed by atoms with van der Waals surface area (Å²) >= 11 is 0. The van der Waals surface area contributed by atoms with Gasteiger partial charge in [-0.1, -0.05) is 51.1 Å². The molecule has 0 saturated carbocycles. The summed E-state index contributed by atoms with van der Waals surface area (Å²) in [5.41, 5.74) is 7.04. The number of ether oxygens (including phenoxy) is 1. The number of esters is 1. The Labute approximate surface area is 201 Å². The molecule has 0 aliphatic carbocycles. The van der Waals surface area contributed by atoms with Crippen LogP contribution in [0.3, 0.4) is 0 Å². The zero-order valence-corrected chi connectivity index (χ0v) is 21.1. The molecule has 190 valence electrons. The number of carboxylic acid groups (broad SMARTS) is 1. The summed E-state index contributed by atoms with van der Waals surface area (Å²) in [5, 5.41) is 9.47. The molecule has 2 rings (SSSR count). The van der Waals surface area contributed by atoms with Gasteiger partial charge in [0.25, 0.3) is 0 Å². The van der Waals surface area contributed by atoms with Crippen LogP contribution < -0.4 is 5.73 Å². The Morgan fingerprint density at radius 1 is 1.21 bits per heavy atom. The van der Waals surface area contributed by atoms with Gasteiger partial charge >= 0.3 is 11.9 Å². The van der Waals surface area contributed by atoms with Gasteiger partial charge in [0.15, 0.2) is 0 Å². The smallest absolute Gasteiger partial charge is 0.326 e. The minimum Gasteiger partial charge on any atom is -0.480 e. The van der Waals surface area contributed by atoms with Crippen LogP contribution in [0.2, 0.25) is 0 Å². The maximum atomic E-state index is 13.9. The van der Waals surface area contributed by atoms with Crippen molar-refractivity contribution in [2.45, 2.75) is 71.2 Å². The van der Waals surface area contributed by atoms with Gasteiger partial charge in [-0.3, -0.25) is 18.7 Å². The summed E-state index contributed by atoms with van der Waals surface area (Å²) < 4.78 is 25.1. The largest absolute Gasteiger partial charge is 0.480 e. The lowest BCUT2D eigenvalue weighted by Gasteiger charge is -2.29. The number of aryl methyl sites for hydroxylation is 1. The molecular formula is C24H37N2O7P. The molecule has 0 spiro atoms. The molecule has 1 amide bonds. The van der Waals surface area contributed by atoms with Crippen LogP contribution in [0.25, 0.3) is 0 Å². The van der Waals surface area contributed by atoms with Crippen LogP contribution in [0.1, 0.15) is 52.0 Å². The highest BCUT2D eigenvalue weighted by atomic mass is 31.2. The van der Waals surface area contributed by atoms with E-state index >= 15 is 0 Å². The quantitative estimate of drug-likeness (QED) is 0.184. The summed E-state index contributed by atoms with van der Waals surface area (Å²) in [7, 11) is -3.60. The number of carboxylic acids is 1. The first-order valence-electron chi connectivity index (χ1n) is 11.8. The van der Waals surface area contributed by atoms with Crippen LogP contribution >= 0.6 is 7.37 Å². The Morgan fingerprint density at radius 2 is 1.88 bits per heavy atom. The van der Waals surface area contributed by atoms with Gasteiger partial charge in [0.05, 0.1) is 0 Å². The lowest BCUT2D eigenvalue weighted by molar-refractivity contribution is -0.169. The first-order chi connectivity index (χ1) is 16.0. The van der Waals surface area contributed by atoms with Gasteiger partial charge in [-0.2, -0.15) is 0 Å². The number of rotatable bonds is 13. The predicted octanol–water partition coefficient (Wildman–Crippen LogP) is 3.25. The third kappa shape index (κ3) is 8.53. The van der Waals surface area contributed by atoms with Gasteiger partial charge in [-0.05, 0) is 31.2 Å². The van der Waals surface area contributed by atoms with Gasteiger partial charge in [-0.25, -0.2) is 4.79 Å². The van der Waals surface area contributed by atoms with E-state index in [0.29, 0.717) is 6.42 Å². The molecule has 0 aromatic heterocycles. The maximum Gasteiger partial charge on any atom is 0.326 e. The molecule has 1 saturated heterocycles. The SMILES string of the molecule is CCC(=O)O[C@H](OP(=O)(CCCCc1ccccc1)CC(=O)N1C[C@H](N)C[C@H]1C(=O)O)C(C)C. The second kappa shape index (κ2) is 13.0. The minimum absolute atomic E-state index is 0.0856. The van der Waals surface area contributed by atoms with E-state index in [1.54, 1.807) is 20.8 Å². The van der Waals surface area contributed by atoms with Crippen molar-refractivity contribution < 1.29 is 33.3 Å². The van der Waals surface area contributed by atoms with E-state index in [9.17, 15) is 24.1 Å². The minimum atomic E-state index is -3.60. The number of likely N-dealkylation sites (tertiary alicyclic amines) is 1. The molecular weight excluding hydrogens is 459 g/mol. The molecule has 9 nitrogen and oxygen atoms in total. The van der Waals surface area contributed by atoms with Crippen molar-refractivity contribution in [3.8, 4) is 0 Å². The Bertz CT molecular complexity index is 877. The van der Waals surface area contributed by atoms with Crippen LogP contribution in [0, 0.1) is 5.92 Å². The molecule has 1 heterocycles. The fraction of sp³-hybridized carbons (Fsp3) is 0.625. The highest BCUT2D eigenvalue weighted by Gasteiger charge is 2.41. The molecule has 3 N–H and O–H groups in total. The van der Waals surface area contributed by atoms with Crippen LogP contribution in [0.5, 0.6) is 0 Å². The summed E-state index contributed by atoms with van der Waals surface area (Å²) in [6.45, 7) is 5.28. The number of nitrogens with two attached hydrogens (primary N) is 1. The highest BCUT2D eigenvalue weighted by Crippen LogP contribution is 2.50. The van der Waals surface area contributed by atoms with Crippen molar-refractivity contribution in [1.82, 2.24) is 4.90 Å². The van der Waals surface area contributed by atoms with E-state index in [0.717, 1.165) is 18.4 Å². The van der Waals surface area contributed by atoms with Crippen LogP contribution in [0.4, 0.5) is 0 Å². The number of benzene rings is 1. The van der Waals surface area contributed by atoms with Crippen molar-refractivity contribution in [2.75, 3.05) is 18.9 Å². The summed E-state index contributed by atoms with van der Waals surface area (Å²) in [6.07, 6.45) is 0.946. The van der Waals surface area contributed by atoms with Crippen molar-refractivity contribution in [3.63, 3.8) is 0 Å². The topological polar surface area (TPSA) is 136 Å². The second-order valence-corrected chi connectivity index (χ2v) is 11.7. The van der Waals surface area contributed by atoms with E-state index in [1.807, 2.05) is 30.3 Å². The normalized spacial score (nSPS) is 20.7. The number of carbonyl (C=O) groups excluding carboxylic acids is 2. The second-order valence-electron chi connectivity index (χ2n) is 9.10. The summed E-state index contributed by atoms with van der Waals surface area (Å²) in [6, 6.07) is 8.38. The molecule has 1 fully saturated rings. The van der Waals surface area contributed by atoms with E-state index in [4.69, 9.17) is 15.0 Å². The number of aliphatic carboxylic acids is 1. The van der Waals surface area contributed by atoms with Gasteiger partial charge in [0.2, 0.25) is 19.6 Å². The van der Waals surface area contributed by atoms with Crippen molar-refractivity contribution in [2.24, 2.45) is 11.7 Å². The predicted molar refractivity (Wildman–Crippen MR) is 129 cm³/mol. The van der Waals surface area contributed by atoms with Crippen LogP contribution in [-0.2, 0) is 34.6 Å². The fourth-order valence-electron chi connectivity index (χ4n) is 3.85. The molecule has 1 aromatic rings. The molecule has 10 heteroatoms. The Kier molecular flexibility index (Phi) is 10.7. The zero-order chi connectivity index (χ0) is 25.3. The van der Waals surface area contributed by atoms with E-state index in [-0.39, 0.29) is 31.5 Å². The number of hydrogen-bond donors (Lipinski definition) is 2. The Morgan fingerprint density at radius 3 is 2.47 bits per heavy atom. The molecule has 1 aliphatic rings. The van der Waals surface area contributed by atoms with Gasteiger partial charge in [-0.15, -0.1) is 0 Å². The molecule has 4 atom stereocenters. The van der Waals surface area contributed by atoms with Gasteiger partial charge in [0.1, 0.15) is 12.2 Å². The highest BCUT2D eigenvalue weighted by molar-refractivity contribution is 7.59. The number of hydrogen-bond acceptors (Lipinski definition) is 7. The average molecular weight is 497 g/mol. The summed E-state index contributed by atoms with van der Waals surface area (Å²) in [5.74, 6) is -2.49. The van der Waals surface area contributed by atoms with Gasteiger partial charge in [0, 0.05) is 31.1 Å². The van der Waals surface area contributed by atoms with E-state index < -0.39 is 49.8 Å². The number of carbonyl (C=O) groups is 3. The summed E-state index contributed by atoms with van der Waals surface area (Å²) in [4.78, 5) is 37.7. The first-order valence-corrected chi connectivity index (χ1v) is 13.8. The third-order valence-corrected chi connectivity index (χ3v) is 8.09. The number of nitrogens with zero attached hydrogens (tertiary/aromatic N) is 1. The van der Waals surface area contributed by atoms with Crippen molar-refractivity contribution in [1.29, 1.82) is 0 Å². The first kappa shape index (κ1) is 28.0. The standard InChI is InChI=1S/C24H37N2O7P/c1-4-22(28)32-24(17(2)3)33-34(31,13-9-8-12-18-10-6-5-7-11-18)16-21(27)26-15-19(25)14-20(26)23(29)30/h5-7,10-11,17,19-20,24H,4,8-9,12-16,25H2,1-3H3,(H,29,30)/t19-,20+,24-,34?/m1/s1.